The molecule has 0 aromatic carbocycles. The van der Waals surface area contributed by atoms with E-state index >= 15 is 0 Å². The van der Waals surface area contributed by atoms with Crippen molar-refractivity contribution in [3.8, 4) is 0 Å². The predicted molar refractivity (Wildman–Crippen MR) is 34.7 cm³/mol. The van der Waals surface area contributed by atoms with Crippen molar-refractivity contribution in [1.82, 2.24) is 0 Å². The topological polar surface area (TPSA) is 0 Å². The van der Waals surface area contributed by atoms with Gasteiger partial charge in [-0.1, -0.05) is 26.2 Å². The molecule has 0 saturated carbocycles. The van der Waals surface area contributed by atoms with Gasteiger partial charge in [0, 0.05) is 0 Å². The van der Waals surface area contributed by atoms with Crippen molar-refractivity contribution in [2.24, 2.45) is 0 Å². The van der Waals surface area contributed by atoms with E-state index in [2.05, 4.69) is 6.92 Å². The van der Waals surface area contributed by atoms with E-state index in [0.29, 0.717) is 0 Å². The molecule has 0 nitrogen and oxygen atoms in total. The molecule has 0 rings (SSSR count). The van der Waals surface area contributed by atoms with Gasteiger partial charge in [0.1, 0.15) is 0 Å². The largest absolute Gasteiger partial charge is 0.248 e. The molecule has 0 saturated heterocycles. The molecule has 0 aliphatic carbocycles. The lowest BCUT2D eigenvalue weighted by Crippen LogP contribution is -1.90. The molecule has 1 heteroatoms. The van der Waals surface area contributed by atoms with E-state index < -0.39 is 6.17 Å². The highest BCUT2D eigenvalue weighted by molar-refractivity contribution is 4.46. The second-order valence-corrected chi connectivity index (χ2v) is 2.28. The molecule has 0 N–H and O–H groups in total. The van der Waals surface area contributed by atoms with Crippen LogP contribution in [-0.2, 0) is 0 Å². The van der Waals surface area contributed by atoms with Crippen molar-refractivity contribution < 1.29 is 4.39 Å². The molecule has 0 heterocycles. The van der Waals surface area contributed by atoms with E-state index in [4.69, 9.17) is 0 Å². The molecule has 0 bridgehead atoms. The lowest BCUT2D eigenvalue weighted by atomic mass is 10.1. The summed E-state index contributed by atoms with van der Waals surface area (Å²) in [5.41, 5.74) is 0. The highest BCUT2D eigenvalue weighted by Crippen LogP contribution is 2.04. The molecule has 1 atom stereocenters. The minimum Gasteiger partial charge on any atom is -0.248 e. The van der Waals surface area contributed by atoms with Crippen LogP contribution < -0.4 is 0 Å². The Morgan fingerprint density at radius 1 is 1.38 bits per heavy atom. The summed E-state index contributed by atoms with van der Waals surface area (Å²) in [4.78, 5) is 0. The van der Waals surface area contributed by atoms with Gasteiger partial charge in [0.15, 0.2) is 0 Å². The van der Waals surface area contributed by atoms with Crippen LogP contribution in [0.3, 0.4) is 0 Å². The Bertz CT molecular complexity index is 41.7. The minimum atomic E-state index is -0.596. The lowest BCUT2D eigenvalue weighted by Gasteiger charge is -1.97. The summed E-state index contributed by atoms with van der Waals surface area (Å²) < 4.78 is 12.0. The monoisotopic (exact) mass is 118 g/mol. The van der Waals surface area contributed by atoms with Crippen molar-refractivity contribution >= 4 is 0 Å². The Kier molecular flexibility index (Phi) is 5.03. The summed E-state index contributed by atoms with van der Waals surface area (Å²) in [6.07, 6.45) is 3.56. The van der Waals surface area contributed by atoms with Gasteiger partial charge in [-0.05, 0) is 13.3 Å². The van der Waals surface area contributed by atoms with Gasteiger partial charge in [-0.3, -0.25) is 0 Å². The molecule has 0 aromatic heterocycles. The lowest BCUT2D eigenvalue weighted by molar-refractivity contribution is 0.331. The molecule has 0 fully saturated rings. The van der Waals surface area contributed by atoms with E-state index in [-0.39, 0.29) is 0 Å². The van der Waals surface area contributed by atoms with Gasteiger partial charge in [-0.15, -0.1) is 0 Å². The van der Waals surface area contributed by atoms with Crippen molar-refractivity contribution in [3.63, 3.8) is 0 Å². The maximum Gasteiger partial charge on any atom is 0.0973 e. The summed E-state index contributed by atoms with van der Waals surface area (Å²) >= 11 is 0. The molecule has 0 radical (unpaired) electrons. The molecule has 50 valence electrons. The van der Waals surface area contributed by atoms with Gasteiger partial charge in [0.05, 0.1) is 6.17 Å². The van der Waals surface area contributed by atoms with Gasteiger partial charge in [0.2, 0.25) is 0 Å². The fourth-order valence-electron chi connectivity index (χ4n) is 0.676. The summed E-state index contributed by atoms with van der Waals surface area (Å²) in [7, 11) is 0. The second-order valence-electron chi connectivity index (χ2n) is 2.28. The molecule has 0 aliphatic rings. The average molecular weight is 118 g/mol. The summed E-state index contributed by atoms with van der Waals surface area (Å²) in [5.74, 6) is 0. The second kappa shape index (κ2) is 5.07. The quantitative estimate of drug-likeness (QED) is 0.498. The SMILES string of the molecule is CCCCC[C@H](C)F. The Hall–Kier alpha value is -0.0700. The van der Waals surface area contributed by atoms with E-state index in [1.807, 2.05) is 0 Å². The standard InChI is InChI=1S/C7H15F/c1-3-4-5-6-7(2)8/h7H,3-6H2,1-2H3/t7-/m0/s1. The van der Waals surface area contributed by atoms with E-state index in [1.54, 1.807) is 6.92 Å². The maximum absolute atomic E-state index is 12.0. The highest BCUT2D eigenvalue weighted by Gasteiger charge is 1.94. The molecular formula is C7H15F. The van der Waals surface area contributed by atoms with Crippen LogP contribution in [0.5, 0.6) is 0 Å². The van der Waals surface area contributed by atoms with Crippen LogP contribution in [0.4, 0.5) is 4.39 Å². The number of halogens is 1. The van der Waals surface area contributed by atoms with Gasteiger partial charge in [-0.2, -0.15) is 0 Å². The van der Waals surface area contributed by atoms with Crippen molar-refractivity contribution in [3.05, 3.63) is 0 Å². The predicted octanol–water partition coefficient (Wildman–Crippen LogP) is 2.92. The van der Waals surface area contributed by atoms with Crippen LogP contribution in [0.15, 0.2) is 0 Å². The van der Waals surface area contributed by atoms with Gasteiger partial charge >= 0.3 is 0 Å². The number of alkyl halides is 1. The van der Waals surface area contributed by atoms with Crippen LogP contribution in [0, 0.1) is 0 Å². The number of unbranched alkanes of at least 4 members (excludes halogenated alkanes) is 2. The van der Waals surface area contributed by atoms with Gasteiger partial charge in [0.25, 0.3) is 0 Å². The number of hydrogen-bond donors (Lipinski definition) is 0. The van der Waals surface area contributed by atoms with Gasteiger partial charge < -0.3 is 0 Å². The first-order valence-electron chi connectivity index (χ1n) is 3.41. The zero-order chi connectivity index (χ0) is 6.41. The summed E-state index contributed by atoms with van der Waals surface area (Å²) in [6.45, 7) is 3.75. The molecular weight excluding hydrogens is 103 g/mol. The molecule has 0 unspecified atom stereocenters. The first-order chi connectivity index (χ1) is 3.77. The van der Waals surface area contributed by atoms with Crippen molar-refractivity contribution in [2.75, 3.05) is 0 Å². The summed E-state index contributed by atoms with van der Waals surface area (Å²) in [5, 5.41) is 0. The fourth-order valence-corrected chi connectivity index (χ4v) is 0.676. The number of hydrogen-bond acceptors (Lipinski definition) is 0. The average Bonchev–Trinajstić information content (AvgIpc) is 1.66. The first-order valence-corrected chi connectivity index (χ1v) is 3.41. The Labute approximate surface area is 51.1 Å². The van der Waals surface area contributed by atoms with Crippen LogP contribution in [0.1, 0.15) is 39.5 Å². The van der Waals surface area contributed by atoms with Crippen molar-refractivity contribution in [1.29, 1.82) is 0 Å². The van der Waals surface area contributed by atoms with E-state index in [1.165, 1.54) is 12.8 Å². The minimum absolute atomic E-state index is 0.596. The maximum atomic E-state index is 12.0. The van der Waals surface area contributed by atoms with E-state index in [0.717, 1.165) is 12.8 Å². The third-order valence-electron chi connectivity index (χ3n) is 1.21. The third kappa shape index (κ3) is 5.93. The zero-order valence-corrected chi connectivity index (χ0v) is 5.78. The Morgan fingerprint density at radius 2 is 2.00 bits per heavy atom. The normalized spacial score (nSPS) is 13.9. The fraction of sp³-hybridized carbons (Fsp3) is 1.00. The van der Waals surface area contributed by atoms with Crippen LogP contribution >= 0.6 is 0 Å². The summed E-state index contributed by atoms with van der Waals surface area (Å²) in [6, 6.07) is 0. The molecule has 0 aliphatic heterocycles. The van der Waals surface area contributed by atoms with Gasteiger partial charge in [-0.25, -0.2) is 4.39 Å². The molecule has 0 amide bonds. The smallest absolute Gasteiger partial charge is 0.0973 e. The molecule has 8 heavy (non-hydrogen) atoms. The highest BCUT2D eigenvalue weighted by atomic mass is 19.1. The van der Waals surface area contributed by atoms with Crippen LogP contribution in [-0.4, -0.2) is 6.17 Å². The first kappa shape index (κ1) is 7.93. The zero-order valence-electron chi connectivity index (χ0n) is 5.78. The van der Waals surface area contributed by atoms with Crippen LogP contribution in [0.25, 0.3) is 0 Å². The van der Waals surface area contributed by atoms with Crippen molar-refractivity contribution in [2.45, 2.75) is 45.7 Å². The Balaban J connectivity index is 2.72. The Morgan fingerprint density at radius 3 is 2.38 bits per heavy atom. The van der Waals surface area contributed by atoms with Crippen LogP contribution in [0.2, 0.25) is 0 Å². The van der Waals surface area contributed by atoms with E-state index in [9.17, 15) is 4.39 Å². The number of rotatable bonds is 4. The third-order valence-corrected chi connectivity index (χ3v) is 1.21. The molecule has 0 spiro atoms. The molecule has 0 aromatic rings.